The highest BCUT2D eigenvalue weighted by atomic mass is 16.5. The summed E-state index contributed by atoms with van der Waals surface area (Å²) in [5.41, 5.74) is 2.82. The van der Waals surface area contributed by atoms with Gasteiger partial charge in [-0.2, -0.15) is 0 Å². The quantitative estimate of drug-likeness (QED) is 0.167. The Morgan fingerprint density at radius 3 is 2.21 bits per heavy atom. The van der Waals surface area contributed by atoms with Crippen LogP contribution in [0.1, 0.15) is 49.0 Å². The second kappa shape index (κ2) is 11.7. The summed E-state index contributed by atoms with van der Waals surface area (Å²) in [5, 5.41) is 0.829. The Balaban J connectivity index is 1.47. The standard InChI is InChI=1S/C30H33NO3/c1-3-19-31(20-4-2)21-10-22-33-25-17-15-23(16-18-25)29(32)28-26-13-8-9-14-27(26)34-30(28)24-11-6-5-7-12-24/h5-9,11-18H,3-4,10,19-22H2,1-2H3. The second-order valence-corrected chi connectivity index (χ2v) is 8.57. The van der Waals surface area contributed by atoms with E-state index in [1.807, 2.05) is 78.9 Å². The van der Waals surface area contributed by atoms with Gasteiger partial charge in [-0.05, 0) is 62.7 Å². The molecule has 0 N–H and O–H groups in total. The van der Waals surface area contributed by atoms with Gasteiger partial charge in [-0.3, -0.25) is 4.79 Å². The van der Waals surface area contributed by atoms with E-state index in [2.05, 4.69) is 18.7 Å². The summed E-state index contributed by atoms with van der Waals surface area (Å²) < 4.78 is 12.1. The number of carbonyl (C=O) groups is 1. The minimum atomic E-state index is -0.0508. The highest BCUT2D eigenvalue weighted by molar-refractivity contribution is 6.19. The third-order valence-corrected chi connectivity index (χ3v) is 5.94. The van der Waals surface area contributed by atoms with E-state index in [-0.39, 0.29) is 5.78 Å². The number of hydrogen-bond donors (Lipinski definition) is 0. The number of rotatable bonds is 12. The van der Waals surface area contributed by atoms with E-state index in [4.69, 9.17) is 9.15 Å². The topological polar surface area (TPSA) is 42.7 Å². The van der Waals surface area contributed by atoms with Gasteiger partial charge in [0.05, 0.1) is 12.2 Å². The van der Waals surface area contributed by atoms with Gasteiger partial charge in [-0.15, -0.1) is 0 Å². The summed E-state index contributed by atoms with van der Waals surface area (Å²) in [4.78, 5) is 16.1. The number of ether oxygens (including phenoxy) is 1. The van der Waals surface area contributed by atoms with Gasteiger partial charge in [0.1, 0.15) is 17.1 Å². The van der Waals surface area contributed by atoms with Gasteiger partial charge in [0.2, 0.25) is 0 Å². The van der Waals surface area contributed by atoms with Crippen LogP contribution in [0.15, 0.2) is 83.3 Å². The number of para-hydroxylation sites is 1. The predicted molar refractivity (Wildman–Crippen MR) is 139 cm³/mol. The van der Waals surface area contributed by atoms with Gasteiger partial charge in [-0.25, -0.2) is 0 Å². The van der Waals surface area contributed by atoms with Crippen LogP contribution in [0.5, 0.6) is 5.75 Å². The molecule has 0 spiro atoms. The van der Waals surface area contributed by atoms with E-state index in [9.17, 15) is 4.79 Å². The molecule has 176 valence electrons. The lowest BCUT2D eigenvalue weighted by molar-refractivity contribution is 0.104. The van der Waals surface area contributed by atoms with Crippen molar-refractivity contribution in [1.82, 2.24) is 4.90 Å². The van der Waals surface area contributed by atoms with Gasteiger partial charge in [0, 0.05) is 23.1 Å². The molecule has 34 heavy (non-hydrogen) atoms. The first kappa shape index (κ1) is 23.8. The van der Waals surface area contributed by atoms with E-state index in [0.717, 1.165) is 42.8 Å². The van der Waals surface area contributed by atoms with Crippen molar-refractivity contribution in [1.29, 1.82) is 0 Å². The zero-order chi connectivity index (χ0) is 23.8. The SMILES string of the molecule is CCCN(CCC)CCCOc1ccc(C(=O)c2c(-c3ccccc3)oc3ccccc23)cc1. The van der Waals surface area contributed by atoms with Gasteiger partial charge < -0.3 is 14.1 Å². The van der Waals surface area contributed by atoms with Gasteiger partial charge in [-0.1, -0.05) is 62.4 Å². The van der Waals surface area contributed by atoms with E-state index in [1.54, 1.807) is 0 Å². The van der Waals surface area contributed by atoms with Crippen molar-refractivity contribution < 1.29 is 13.9 Å². The molecule has 0 atom stereocenters. The molecule has 0 amide bonds. The molecule has 0 fully saturated rings. The van der Waals surface area contributed by atoms with Crippen molar-refractivity contribution in [2.24, 2.45) is 0 Å². The van der Waals surface area contributed by atoms with Crippen LogP contribution in [-0.4, -0.2) is 36.9 Å². The molecular formula is C30H33NO3. The highest BCUT2D eigenvalue weighted by Gasteiger charge is 2.23. The number of benzene rings is 3. The molecule has 0 aliphatic rings. The molecule has 4 aromatic rings. The van der Waals surface area contributed by atoms with Crippen molar-refractivity contribution in [3.63, 3.8) is 0 Å². The first-order valence-electron chi connectivity index (χ1n) is 12.3. The number of hydrogen-bond acceptors (Lipinski definition) is 4. The molecular weight excluding hydrogens is 422 g/mol. The van der Waals surface area contributed by atoms with Crippen molar-refractivity contribution in [3.05, 3.63) is 90.0 Å². The maximum Gasteiger partial charge on any atom is 0.197 e. The first-order valence-corrected chi connectivity index (χ1v) is 12.3. The van der Waals surface area contributed by atoms with Crippen LogP contribution >= 0.6 is 0 Å². The molecule has 0 saturated carbocycles. The molecule has 4 heteroatoms. The molecule has 1 aromatic heterocycles. The molecule has 0 unspecified atom stereocenters. The zero-order valence-electron chi connectivity index (χ0n) is 20.1. The predicted octanol–water partition coefficient (Wildman–Crippen LogP) is 7.22. The summed E-state index contributed by atoms with van der Waals surface area (Å²) in [7, 11) is 0. The minimum Gasteiger partial charge on any atom is -0.494 e. The maximum atomic E-state index is 13.6. The van der Waals surface area contributed by atoms with Crippen LogP contribution in [0.25, 0.3) is 22.3 Å². The fraction of sp³-hybridized carbons (Fsp3) is 0.300. The molecule has 0 saturated heterocycles. The Labute approximate surface area is 202 Å². The molecule has 0 aliphatic carbocycles. The fourth-order valence-corrected chi connectivity index (χ4v) is 4.36. The van der Waals surface area contributed by atoms with Crippen molar-refractivity contribution in [3.8, 4) is 17.1 Å². The maximum absolute atomic E-state index is 13.6. The fourth-order valence-electron chi connectivity index (χ4n) is 4.36. The average molecular weight is 456 g/mol. The number of ketones is 1. The normalized spacial score (nSPS) is 11.3. The van der Waals surface area contributed by atoms with Gasteiger partial charge in [0.25, 0.3) is 0 Å². The summed E-state index contributed by atoms with van der Waals surface area (Å²) in [5.74, 6) is 1.34. The van der Waals surface area contributed by atoms with Crippen LogP contribution in [-0.2, 0) is 0 Å². The molecule has 1 heterocycles. The monoisotopic (exact) mass is 455 g/mol. The van der Waals surface area contributed by atoms with E-state index in [0.29, 0.717) is 29.1 Å². The third kappa shape index (κ3) is 5.57. The number of nitrogens with zero attached hydrogens (tertiary/aromatic N) is 1. The molecule has 4 rings (SSSR count). The van der Waals surface area contributed by atoms with Crippen molar-refractivity contribution in [2.75, 3.05) is 26.2 Å². The Bertz CT molecular complexity index is 1190. The molecule has 0 aliphatic heterocycles. The van der Waals surface area contributed by atoms with Crippen molar-refractivity contribution >= 4 is 16.8 Å². The molecule has 0 bridgehead atoms. The highest BCUT2D eigenvalue weighted by Crippen LogP contribution is 2.35. The number of furan rings is 1. The summed E-state index contributed by atoms with van der Waals surface area (Å²) >= 11 is 0. The number of carbonyl (C=O) groups excluding carboxylic acids is 1. The van der Waals surface area contributed by atoms with Crippen molar-refractivity contribution in [2.45, 2.75) is 33.1 Å². The summed E-state index contributed by atoms with van der Waals surface area (Å²) in [6.45, 7) is 8.43. The van der Waals surface area contributed by atoms with Crippen LogP contribution in [0.2, 0.25) is 0 Å². The Morgan fingerprint density at radius 1 is 0.824 bits per heavy atom. The summed E-state index contributed by atoms with van der Waals surface area (Å²) in [6.07, 6.45) is 3.34. The largest absolute Gasteiger partial charge is 0.494 e. The van der Waals surface area contributed by atoms with Gasteiger partial charge in [0.15, 0.2) is 5.78 Å². The first-order chi connectivity index (χ1) is 16.7. The smallest absolute Gasteiger partial charge is 0.197 e. The minimum absolute atomic E-state index is 0.0508. The van der Waals surface area contributed by atoms with Gasteiger partial charge >= 0.3 is 0 Å². The van der Waals surface area contributed by atoms with E-state index in [1.165, 1.54) is 12.8 Å². The van der Waals surface area contributed by atoms with Crippen LogP contribution in [0.3, 0.4) is 0 Å². The third-order valence-electron chi connectivity index (χ3n) is 5.94. The molecule has 0 radical (unpaired) electrons. The lowest BCUT2D eigenvalue weighted by Gasteiger charge is -2.20. The van der Waals surface area contributed by atoms with E-state index >= 15 is 0 Å². The van der Waals surface area contributed by atoms with Crippen LogP contribution in [0, 0.1) is 0 Å². The summed E-state index contributed by atoms with van der Waals surface area (Å²) in [6, 6.07) is 24.9. The average Bonchev–Trinajstić information content (AvgIpc) is 3.27. The molecule has 4 nitrogen and oxygen atoms in total. The lowest BCUT2D eigenvalue weighted by Crippen LogP contribution is -2.27. The Morgan fingerprint density at radius 2 is 1.50 bits per heavy atom. The van der Waals surface area contributed by atoms with Crippen LogP contribution < -0.4 is 4.74 Å². The van der Waals surface area contributed by atoms with E-state index < -0.39 is 0 Å². The molecule has 3 aromatic carbocycles. The Hall–Kier alpha value is -3.37. The number of fused-ring (bicyclic) bond motifs is 1. The zero-order valence-corrected chi connectivity index (χ0v) is 20.1. The Kier molecular flexibility index (Phi) is 8.16. The lowest BCUT2D eigenvalue weighted by atomic mass is 9.97. The second-order valence-electron chi connectivity index (χ2n) is 8.57. The van der Waals surface area contributed by atoms with Crippen LogP contribution in [0.4, 0.5) is 0 Å².